The first-order chi connectivity index (χ1) is 16.1. The van der Waals surface area contributed by atoms with E-state index in [9.17, 15) is 0 Å². The number of hydrogen-bond donors (Lipinski definition) is 0. The minimum Gasteiger partial charge on any atom is -0.497 e. The van der Waals surface area contributed by atoms with E-state index in [1.807, 2.05) is 48.5 Å². The molecule has 0 unspecified atom stereocenters. The Morgan fingerprint density at radius 1 is 0.912 bits per heavy atom. The van der Waals surface area contributed by atoms with Gasteiger partial charge in [-0.1, -0.05) is 69.3 Å². The highest BCUT2D eigenvalue weighted by atomic mass is 28.4. The minimum absolute atomic E-state index is 0.0436. The predicted octanol–water partition coefficient (Wildman–Crippen LogP) is 7.54. The molecule has 3 atom stereocenters. The summed E-state index contributed by atoms with van der Waals surface area (Å²) in [7, 11) is -0.257. The van der Waals surface area contributed by atoms with Gasteiger partial charge in [-0.2, -0.15) is 0 Å². The van der Waals surface area contributed by atoms with Crippen molar-refractivity contribution in [2.24, 2.45) is 0 Å². The summed E-state index contributed by atoms with van der Waals surface area (Å²) in [5.41, 5.74) is 2.26. The van der Waals surface area contributed by atoms with Gasteiger partial charge in [0.25, 0.3) is 0 Å². The van der Waals surface area contributed by atoms with Gasteiger partial charge in [0.05, 0.1) is 38.6 Å². The van der Waals surface area contributed by atoms with E-state index in [4.69, 9.17) is 18.6 Å². The molecule has 0 aliphatic heterocycles. The highest BCUT2D eigenvalue weighted by Gasteiger charge is 2.39. The van der Waals surface area contributed by atoms with Crippen LogP contribution < -0.4 is 4.74 Å². The van der Waals surface area contributed by atoms with Crippen LogP contribution in [0.3, 0.4) is 0 Å². The normalized spacial score (nSPS) is 14.9. The Morgan fingerprint density at radius 3 is 2.06 bits per heavy atom. The summed E-state index contributed by atoms with van der Waals surface area (Å²) in [6, 6.07) is 18.3. The average molecular weight is 485 g/mol. The second-order valence-corrected chi connectivity index (χ2v) is 15.2. The molecule has 34 heavy (non-hydrogen) atoms. The molecule has 2 aromatic carbocycles. The fraction of sp³-hybridized carbons (Fsp3) is 0.517. The van der Waals surface area contributed by atoms with Crippen LogP contribution in [0.5, 0.6) is 5.75 Å². The quantitative estimate of drug-likeness (QED) is 0.205. The molecule has 0 aliphatic rings. The summed E-state index contributed by atoms with van der Waals surface area (Å²) >= 11 is 0. The molecule has 0 fully saturated rings. The van der Waals surface area contributed by atoms with Crippen LogP contribution in [0.4, 0.5) is 0 Å². The summed E-state index contributed by atoms with van der Waals surface area (Å²) < 4.78 is 24.8. The van der Waals surface area contributed by atoms with Crippen molar-refractivity contribution >= 4 is 8.32 Å². The first-order valence-corrected chi connectivity index (χ1v) is 15.2. The van der Waals surface area contributed by atoms with E-state index in [0.717, 1.165) is 29.7 Å². The standard InChI is InChI=1S/C29H44O4Si/c1-9-13-27(33-34(7,8)29(3,4)5)20-28(23(2)31-21-24-14-11-10-12-15-24)32-22-25-16-18-26(30-6)19-17-25/h9-12,14-19,23,27-28H,1,13,20-22H2,2-8H3/t23-,27-,28-/m0/s1. The van der Waals surface area contributed by atoms with Gasteiger partial charge in [-0.3, -0.25) is 0 Å². The molecular formula is C29H44O4Si. The lowest BCUT2D eigenvalue weighted by Gasteiger charge is -2.40. The first-order valence-electron chi connectivity index (χ1n) is 12.2. The van der Waals surface area contributed by atoms with Crippen LogP contribution in [0.1, 0.15) is 51.7 Å². The molecule has 0 spiro atoms. The maximum absolute atomic E-state index is 6.78. The molecule has 0 aliphatic carbocycles. The Bertz CT molecular complexity index is 843. The molecule has 0 bridgehead atoms. The summed E-state index contributed by atoms with van der Waals surface area (Å²) in [6.45, 7) is 18.6. The largest absolute Gasteiger partial charge is 0.497 e. The van der Waals surface area contributed by atoms with Crippen molar-refractivity contribution in [3.8, 4) is 5.75 Å². The van der Waals surface area contributed by atoms with Crippen molar-refractivity contribution in [3.63, 3.8) is 0 Å². The third kappa shape index (κ3) is 9.03. The molecule has 0 amide bonds. The van der Waals surface area contributed by atoms with Crippen LogP contribution in [0.2, 0.25) is 18.1 Å². The van der Waals surface area contributed by atoms with Crippen molar-refractivity contribution < 1.29 is 18.6 Å². The summed E-state index contributed by atoms with van der Waals surface area (Å²) in [6.07, 6.45) is 3.34. The Morgan fingerprint density at radius 2 is 1.50 bits per heavy atom. The van der Waals surface area contributed by atoms with E-state index in [1.165, 1.54) is 0 Å². The fourth-order valence-corrected chi connectivity index (χ4v) is 4.84. The Kier molecular flexibility index (Phi) is 11.0. The zero-order chi connectivity index (χ0) is 25.2. The topological polar surface area (TPSA) is 36.9 Å². The first kappa shape index (κ1) is 28.3. The van der Waals surface area contributed by atoms with Gasteiger partial charge in [-0.05, 0) is 54.7 Å². The van der Waals surface area contributed by atoms with Crippen LogP contribution in [0.15, 0.2) is 67.3 Å². The molecule has 2 rings (SSSR count). The predicted molar refractivity (Wildman–Crippen MR) is 144 cm³/mol. The van der Waals surface area contributed by atoms with Crippen molar-refractivity contribution in [1.82, 2.24) is 0 Å². The monoisotopic (exact) mass is 484 g/mol. The molecule has 0 heterocycles. The van der Waals surface area contributed by atoms with Crippen LogP contribution >= 0.6 is 0 Å². The van der Waals surface area contributed by atoms with Crippen molar-refractivity contribution in [1.29, 1.82) is 0 Å². The molecule has 5 heteroatoms. The fourth-order valence-electron chi connectivity index (χ4n) is 3.46. The zero-order valence-electron chi connectivity index (χ0n) is 22.2. The lowest BCUT2D eigenvalue weighted by molar-refractivity contribution is -0.0916. The number of ether oxygens (including phenoxy) is 3. The molecule has 0 aromatic heterocycles. The van der Waals surface area contributed by atoms with E-state index in [1.54, 1.807) is 7.11 Å². The van der Waals surface area contributed by atoms with Crippen molar-refractivity contribution in [3.05, 3.63) is 78.4 Å². The van der Waals surface area contributed by atoms with Crippen LogP contribution in [0, 0.1) is 0 Å². The van der Waals surface area contributed by atoms with Crippen LogP contribution in [-0.4, -0.2) is 33.7 Å². The average Bonchev–Trinajstić information content (AvgIpc) is 2.80. The van der Waals surface area contributed by atoms with E-state index < -0.39 is 8.32 Å². The SMILES string of the molecule is C=CC[C@@H](C[C@H](OCc1ccc(OC)cc1)[C@H](C)OCc1ccccc1)O[Si](C)(C)C(C)(C)C. The van der Waals surface area contributed by atoms with Gasteiger partial charge in [0.1, 0.15) is 5.75 Å². The second-order valence-electron chi connectivity index (χ2n) is 10.5. The summed E-state index contributed by atoms with van der Waals surface area (Å²) in [5, 5.41) is 0.140. The highest BCUT2D eigenvalue weighted by Crippen LogP contribution is 2.38. The second kappa shape index (κ2) is 13.2. The summed E-state index contributed by atoms with van der Waals surface area (Å²) in [4.78, 5) is 0. The van der Waals surface area contributed by atoms with E-state index in [-0.39, 0.29) is 23.4 Å². The van der Waals surface area contributed by atoms with Gasteiger partial charge < -0.3 is 18.6 Å². The van der Waals surface area contributed by atoms with Gasteiger partial charge in [0.15, 0.2) is 8.32 Å². The molecule has 4 nitrogen and oxygen atoms in total. The number of benzene rings is 2. The summed E-state index contributed by atoms with van der Waals surface area (Å²) in [5.74, 6) is 0.841. The number of rotatable bonds is 14. The van der Waals surface area contributed by atoms with Crippen LogP contribution in [0.25, 0.3) is 0 Å². The van der Waals surface area contributed by atoms with E-state index >= 15 is 0 Å². The van der Waals surface area contributed by atoms with Gasteiger partial charge in [-0.25, -0.2) is 0 Å². The van der Waals surface area contributed by atoms with Gasteiger partial charge in [-0.15, -0.1) is 6.58 Å². The Hall–Kier alpha value is -1.92. The molecule has 0 saturated carbocycles. The molecule has 0 radical (unpaired) electrons. The third-order valence-corrected chi connectivity index (χ3v) is 11.2. The maximum Gasteiger partial charge on any atom is 0.192 e. The highest BCUT2D eigenvalue weighted by molar-refractivity contribution is 6.74. The Labute approximate surface area is 208 Å². The van der Waals surface area contributed by atoms with Crippen LogP contribution in [-0.2, 0) is 27.1 Å². The Balaban J connectivity index is 2.13. The lowest BCUT2D eigenvalue weighted by Crippen LogP contribution is -2.45. The molecule has 0 N–H and O–H groups in total. The minimum atomic E-state index is -1.93. The zero-order valence-corrected chi connectivity index (χ0v) is 23.2. The number of methoxy groups -OCH3 is 1. The van der Waals surface area contributed by atoms with Gasteiger partial charge >= 0.3 is 0 Å². The molecule has 188 valence electrons. The lowest BCUT2D eigenvalue weighted by atomic mass is 10.0. The smallest absolute Gasteiger partial charge is 0.192 e. The van der Waals surface area contributed by atoms with E-state index in [2.05, 4.69) is 59.5 Å². The van der Waals surface area contributed by atoms with Crippen molar-refractivity contribution in [2.45, 2.75) is 90.2 Å². The van der Waals surface area contributed by atoms with Gasteiger partial charge in [0.2, 0.25) is 0 Å². The van der Waals surface area contributed by atoms with Crippen molar-refractivity contribution in [2.75, 3.05) is 7.11 Å². The molecular weight excluding hydrogens is 440 g/mol. The van der Waals surface area contributed by atoms with Gasteiger partial charge in [0, 0.05) is 6.42 Å². The van der Waals surface area contributed by atoms with E-state index in [0.29, 0.717) is 13.2 Å². The maximum atomic E-state index is 6.78. The molecule has 0 saturated heterocycles. The number of hydrogen-bond acceptors (Lipinski definition) is 4. The third-order valence-electron chi connectivity index (χ3n) is 6.69. The molecule has 2 aromatic rings.